The van der Waals surface area contributed by atoms with E-state index < -0.39 is 16.0 Å². The number of ether oxygens (including phenoxy) is 1. The zero-order valence-electron chi connectivity index (χ0n) is 16.2. The number of carbonyl (C=O) groups excluding carboxylic acids is 1. The van der Waals surface area contributed by atoms with Crippen molar-refractivity contribution in [3.8, 4) is 0 Å². The van der Waals surface area contributed by atoms with Crippen LogP contribution in [0.1, 0.15) is 15.5 Å². The minimum absolute atomic E-state index is 0.00516. The smallest absolute Gasteiger partial charge is 0.349 e. The number of methoxy groups -OCH3 is 1. The van der Waals surface area contributed by atoms with Crippen molar-refractivity contribution in [2.75, 3.05) is 57.2 Å². The predicted octanol–water partition coefficient (Wildman–Crippen LogP) is 1.21. The summed E-state index contributed by atoms with van der Waals surface area (Å²) in [5.74, 6) is 1.61. The summed E-state index contributed by atoms with van der Waals surface area (Å²) in [5.41, 5.74) is 0. The average Bonchev–Trinajstić information content (AvgIpc) is 3.17. The van der Waals surface area contributed by atoms with Gasteiger partial charge in [0.05, 0.1) is 7.11 Å². The Morgan fingerprint density at radius 2 is 1.89 bits per heavy atom. The number of carbonyl (C=O) groups is 1. The molecule has 0 atom stereocenters. The van der Waals surface area contributed by atoms with Crippen LogP contribution in [0.5, 0.6) is 0 Å². The van der Waals surface area contributed by atoms with Gasteiger partial charge in [-0.3, -0.25) is 0 Å². The molecule has 1 aliphatic rings. The fraction of sp³-hybridized carbons (Fsp3) is 0.471. The molecule has 0 amide bonds. The zero-order valence-corrected chi connectivity index (χ0v) is 17.9. The second-order valence-corrected chi connectivity index (χ2v) is 9.35. The lowest BCUT2D eigenvalue weighted by molar-refractivity contribution is 0.0602. The minimum Gasteiger partial charge on any atom is -0.465 e. The third kappa shape index (κ3) is 3.96. The summed E-state index contributed by atoms with van der Waals surface area (Å²) in [6.07, 6.45) is 0. The Bertz CT molecular complexity index is 966. The van der Waals surface area contributed by atoms with Gasteiger partial charge in [0.2, 0.25) is 10.0 Å². The maximum atomic E-state index is 13.0. The van der Waals surface area contributed by atoms with E-state index in [1.165, 1.54) is 17.5 Å². The lowest BCUT2D eigenvalue weighted by Crippen LogP contribution is -2.49. The van der Waals surface area contributed by atoms with E-state index in [4.69, 9.17) is 4.74 Å². The van der Waals surface area contributed by atoms with Gasteiger partial charge in [-0.2, -0.15) is 4.31 Å². The molecule has 3 rings (SSSR count). The van der Waals surface area contributed by atoms with Gasteiger partial charge in [-0.15, -0.1) is 11.3 Å². The van der Waals surface area contributed by atoms with Gasteiger partial charge < -0.3 is 14.5 Å². The molecule has 9 nitrogen and oxygen atoms in total. The third-order valence-corrected chi connectivity index (χ3v) is 7.41. The Morgan fingerprint density at radius 3 is 2.50 bits per heavy atom. The molecular formula is C17H23N5O4S2. The number of thiophene rings is 1. The number of hydrogen-bond donors (Lipinski definition) is 0. The van der Waals surface area contributed by atoms with Crippen LogP contribution in [0, 0.1) is 6.92 Å². The molecule has 152 valence electrons. The van der Waals surface area contributed by atoms with Crippen molar-refractivity contribution in [1.82, 2.24) is 14.3 Å². The minimum atomic E-state index is -3.76. The second kappa shape index (κ2) is 8.02. The quantitative estimate of drug-likeness (QED) is 0.660. The van der Waals surface area contributed by atoms with Crippen LogP contribution in [0.15, 0.2) is 22.4 Å². The van der Waals surface area contributed by atoms with Crippen molar-refractivity contribution in [3.05, 3.63) is 28.2 Å². The fourth-order valence-corrected chi connectivity index (χ4v) is 5.70. The van der Waals surface area contributed by atoms with Crippen molar-refractivity contribution in [2.45, 2.75) is 11.8 Å². The number of piperazine rings is 1. The lowest BCUT2D eigenvalue weighted by Gasteiger charge is -2.35. The van der Waals surface area contributed by atoms with Crippen LogP contribution < -0.4 is 9.80 Å². The standard InChI is InChI=1S/C17H23N5O4S2/c1-12-18-14(20(2)3)11-15(19-12)21-6-8-22(9-7-21)28(24,25)13-5-10-27-16(13)17(23)26-4/h5,10-11H,6-9H2,1-4H3. The van der Waals surface area contributed by atoms with Gasteiger partial charge in [-0.25, -0.2) is 23.2 Å². The van der Waals surface area contributed by atoms with Crippen LogP contribution in [-0.2, 0) is 14.8 Å². The number of aromatic nitrogens is 2. The summed E-state index contributed by atoms with van der Waals surface area (Å²) in [6, 6.07) is 3.35. The van der Waals surface area contributed by atoms with Gasteiger partial charge >= 0.3 is 5.97 Å². The molecule has 2 aromatic heterocycles. The van der Waals surface area contributed by atoms with Crippen molar-refractivity contribution in [3.63, 3.8) is 0 Å². The van der Waals surface area contributed by atoms with E-state index in [9.17, 15) is 13.2 Å². The van der Waals surface area contributed by atoms with Crippen LogP contribution in [-0.4, -0.2) is 76.0 Å². The molecule has 28 heavy (non-hydrogen) atoms. The highest BCUT2D eigenvalue weighted by atomic mass is 32.2. The molecule has 0 spiro atoms. The molecular weight excluding hydrogens is 402 g/mol. The molecule has 1 aliphatic heterocycles. The predicted molar refractivity (Wildman–Crippen MR) is 108 cm³/mol. The highest BCUT2D eigenvalue weighted by molar-refractivity contribution is 7.89. The molecule has 0 radical (unpaired) electrons. The molecule has 11 heteroatoms. The monoisotopic (exact) mass is 425 g/mol. The van der Waals surface area contributed by atoms with E-state index in [2.05, 4.69) is 9.97 Å². The number of aryl methyl sites for hydroxylation is 1. The molecule has 0 aliphatic carbocycles. The van der Waals surface area contributed by atoms with Crippen molar-refractivity contribution >= 4 is 39.0 Å². The van der Waals surface area contributed by atoms with E-state index >= 15 is 0 Å². The number of nitrogens with zero attached hydrogens (tertiary/aromatic N) is 5. The van der Waals surface area contributed by atoms with Gasteiger partial charge in [0.25, 0.3) is 0 Å². The van der Waals surface area contributed by atoms with Gasteiger partial charge in [0, 0.05) is 46.3 Å². The van der Waals surface area contributed by atoms with E-state index in [-0.39, 0.29) is 9.77 Å². The summed E-state index contributed by atoms with van der Waals surface area (Å²) >= 11 is 1.06. The Kier molecular flexibility index (Phi) is 5.87. The van der Waals surface area contributed by atoms with Gasteiger partial charge in [-0.1, -0.05) is 0 Å². The normalized spacial score (nSPS) is 15.5. The second-order valence-electron chi connectivity index (χ2n) is 6.52. The van der Waals surface area contributed by atoms with E-state index in [0.29, 0.717) is 32.0 Å². The number of hydrogen-bond acceptors (Lipinski definition) is 9. The SMILES string of the molecule is COC(=O)c1sccc1S(=O)(=O)N1CCN(c2cc(N(C)C)nc(C)n2)CC1. The largest absolute Gasteiger partial charge is 0.465 e. The van der Waals surface area contributed by atoms with Crippen molar-refractivity contribution < 1.29 is 17.9 Å². The summed E-state index contributed by atoms with van der Waals surface area (Å²) in [6.45, 7) is 3.45. The van der Waals surface area contributed by atoms with Gasteiger partial charge in [0.15, 0.2) is 0 Å². The number of esters is 1. The Labute approximate surface area is 168 Å². The van der Waals surface area contributed by atoms with Crippen LogP contribution >= 0.6 is 11.3 Å². The summed E-state index contributed by atoms with van der Waals surface area (Å²) in [5, 5.41) is 1.59. The third-order valence-electron chi connectivity index (χ3n) is 4.45. The van der Waals surface area contributed by atoms with Crippen LogP contribution in [0.3, 0.4) is 0 Å². The van der Waals surface area contributed by atoms with Gasteiger partial charge in [-0.05, 0) is 18.4 Å². The average molecular weight is 426 g/mol. The van der Waals surface area contributed by atoms with E-state index in [1.54, 1.807) is 5.38 Å². The maximum absolute atomic E-state index is 13.0. The number of anilines is 2. The van der Waals surface area contributed by atoms with Crippen molar-refractivity contribution in [2.24, 2.45) is 0 Å². The van der Waals surface area contributed by atoms with E-state index in [0.717, 1.165) is 23.0 Å². The molecule has 0 unspecified atom stereocenters. The number of rotatable bonds is 5. The first-order valence-electron chi connectivity index (χ1n) is 8.68. The zero-order chi connectivity index (χ0) is 20.5. The van der Waals surface area contributed by atoms with Crippen LogP contribution in [0.25, 0.3) is 0 Å². The Morgan fingerprint density at radius 1 is 1.21 bits per heavy atom. The molecule has 0 saturated carbocycles. The highest BCUT2D eigenvalue weighted by Crippen LogP contribution is 2.27. The summed E-state index contributed by atoms with van der Waals surface area (Å²) in [4.78, 5) is 24.8. The molecule has 1 fully saturated rings. The molecule has 3 heterocycles. The molecule has 0 N–H and O–H groups in total. The molecule has 1 saturated heterocycles. The molecule has 0 bridgehead atoms. The Hall–Kier alpha value is -2.24. The lowest BCUT2D eigenvalue weighted by atomic mass is 10.3. The first-order chi connectivity index (χ1) is 13.2. The first kappa shape index (κ1) is 20.5. The fourth-order valence-electron chi connectivity index (χ4n) is 2.97. The van der Waals surface area contributed by atoms with E-state index in [1.807, 2.05) is 36.9 Å². The summed E-state index contributed by atoms with van der Waals surface area (Å²) < 4.78 is 32.1. The highest BCUT2D eigenvalue weighted by Gasteiger charge is 2.33. The van der Waals surface area contributed by atoms with Crippen LogP contribution in [0.2, 0.25) is 0 Å². The van der Waals surface area contributed by atoms with Crippen LogP contribution in [0.4, 0.5) is 11.6 Å². The summed E-state index contributed by atoms with van der Waals surface area (Å²) in [7, 11) is 1.30. The van der Waals surface area contributed by atoms with Crippen molar-refractivity contribution in [1.29, 1.82) is 0 Å². The number of sulfonamides is 1. The van der Waals surface area contributed by atoms with Gasteiger partial charge in [0.1, 0.15) is 27.2 Å². The molecule has 2 aromatic rings. The molecule has 0 aromatic carbocycles. The topological polar surface area (TPSA) is 95.9 Å². The first-order valence-corrected chi connectivity index (χ1v) is 11.0. The Balaban J connectivity index is 1.77. The maximum Gasteiger partial charge on any atom is 0.349 e.